The maximum Gasteiger partial charge on any atom is 0.288 e. The maximum absolute atomic E-state index is 13.4. The fourth-order valence-electron chi connectivity index (χ4n) is 3.81. The van der Waals surface area contributed by atoms with Crippen LogP contribution in [0.3, 0.4) is 0 Å². The van der Waals surface area contributed by atoms with Gasteiger partial charge in [0.1, 0.15) is 0 Å². The number of alkyl halides is 2. The summed E-state index contributed by atoms with van der Waals surface area (Å²) in [6, 6.07) is 19.5. The zero-order valence-electron chi connectivity index (χ0n) is 19.1. The van der Waals surface area contributed by atoms with E-state index in [9.17, 15) is 13.6 Å². The number of anilines is 1. The van der Waals surface area contributed by atoms with Gasteiger partial charge in [0.15, 0.2) is 16.6 Å². The second-order valence-corrected chi connectivity index (χ2v) is 9.72. The molecule has 3 aromatic carbocycles. The van der Waals surface area contributed by atoms with Gasteiger partial charge in [0.25, 0.3) is 11.7 Å². The van der Waals surface area contributed by atoms with E-state index in [4.69, 9.17) is 14.5 Å². The van der Waals surface area contributed by atoms with E-state index >= 15 is 0 Å². The number of thiazole rings is 1. The lowest BCUT2D eigenvalue weighted by molar-refractivity contribution is 0.102. The van der Waals surface area contributed by atoms with Crippen molar-refractivity contribution >= 4 is 55.3 Å². The number of carbonyl (C=O) groups excluding carboxylic acids is 1. The van der Waals surface area contributed by atoms with Crippen LogP contribution in [0.5, 0.6) is 11.5 Å². The Labute approximate surface area is 213 Å². The summed E-state index contributed by atoms with van der Waals surface area (Å²) < 4.78 is 36.9. The third kappa shape index (κ3) is 4.82. The number of ether oxygens (including phenoxy) is 2. The number of carbonyl (C=O) groups is 1. The number of halogens is 2. The van der Waals surface area contributed by atoms with Crippen LogP contribution in [-0.2, 0) is 0 Å². The van der Waals surface area contributed by atoms with Crippen LogP contribution in [-0.4, -0.2) is 35.9 Å². The van der Waals surface area contributed by atoms with Gasteiger partial charge in [-0.3, -0.25) is 10.1 Å². The Morgan fingerprint density at radius 2 is 1.75 bits per heavy atom. The highest BCUT2D eigenvalue weighted by molar-refractivity contribution is 7.99. The molecular formula is C26H19F2N3O3S2. The minimum atomic E-state index is -2.51. The van der Waals surface area contributed by atoms with Crippen LogP contribution in [0.2, 0.25) is 0 Å². The molecular weight excluding hydrogens is 504 g/mol. The highest BCUT2D eigenvalue weighted by Gasteiger charge is 2.17. The Balaban J connectivity index is 1.51. The van der Waals surface area contributed by atoms with Crippen molar-refractivity contribution < 1.29 is 23.0 Å². The highest BCUT2D eigenvalue weighted by Crippen LogP contribution is 2.35. The van der Waals surface area contributed by atoms with Crippen molar-refractivity contribution in [2.75, 3.05) is 19.5 Å². The Morgan fingerprint density at radius 3 is 2.53 bits per heavy atom. The predicted molar refractivity (Wildman–Crippen MR) is 140 cm³/mol. The zero-order chi connectivity index (χ0) is 25.2. The summed E-state index contributed by atoms with van der Waals surface area (Å²) in [7, 11) is 3.12. The molecule has 0 radical (unpaired) electrons. The average molecular weight is 524 g/mol. The van der Waals surface area contributed by atoms with Gasteiger partial charge < -0.3 is 9.47 Å². The molecule has 0 aliphatic carbocycles. The fraction of sp³-hybridized carbons (Fsp3) is 0.115. The van der Waals surface area contributed by atoms with Gasteiger partial charge in [-0.15, -0.1) is 0 Å². The number of benzene rings is 3. The van der Waals surface area contributed by atoms with E-state index in [1.807, 2.05) is 30.3 Å². The topological polar surface area (TPSA) is 73.3 Å². The number of hydrogen-bond donors (Lipinski definition) is 1. The van der Waals surface area contributed by atoms with Crippen LogP contribution in [0.1, 0.15) is 10.4 Å². The molecule has 36 heavy (non-hydrogen) atoms. The molecule has 0 saturated carbocycles. The van der Waals surface area contributed by atoms with Gasteiger partial charge in [-0.05, 0) is 48.5 Å². The molecule has 0 aliphatic heterocycles. The lowest BCUT2D eigenvalue weighted by Gasteiger charge is -2.12. The molecule has 10 heteroatoms. The number of fused-ring (bicyclic) bond motifs is 2. The van der Waals surface area contributed by atoms with Crippen LogP contribution >= 0.6 is 23.1 Å². The molecule has 1 amide bonds. The van der Waals surface area contributed by atoms with E-state index < -0.39 is 5.76 Å². The second kappa shape index (κ2) is 10.1. The molecule has 1 N–H and O–H groups in total. The second-order valence-electron chi connectivity index (χ2n) is 7.62. The summed E-state index contributed by atoms with van der Waals surface area (Å²) in [6.07, 6.45) is 0. The average Bonchev–Trinajstić information content (AvgIpc) is 3.28. The summed E-state index contributed by atoms with van der Waals surface area (Å²) >= 11 is 1.70. The first-order chi connectivity index (χ1) is 17.4. The minimum Gasteiger partial charge on any atom is -0.493 e. The third-order valence-corrected chi connectivity index (χ3v) is 7.08. The first kappa shape index (κ1) is 24.0. The van der Waals surface area contributed by atoms with Gasteiger partial charge in [-0.25, -0.2) is 9.97 Å². The Bertz CT molecular complexity index is 1590. The zero-order valence-corrected chi connectivity index (χ0v) is 20.8. The highest BCUT2D eigenvalue weighted by atomic mass is 32.2. The number of thioether (sulfide) groups is 1. The first-order valence-corrected chi connectivity index (χ1v) is 12.4. The maximum atomic E-state index is 13.4. The van der Waals surface area contributed by atoms with E-state index in [-0.39, 0.29) is 5.91 Å². The lowest BCUT2D eigenvalue weighted by atomic mass is 10.0. The van der Waals surface area contributed by atoms with Gasteiger partial charge in [-0.1, -0.05) is 41.3 Å². The molecule has 0 atom stereocenters. The number of amides is 1. The first-order valence-electron chi connectivity index (χ1n) is 10.7. The van der Waals surface area contributed by atoms with E-state index in [0.717, 1.165) is 5.56 Å². The molecule has 0 aliphatic rings. The summed E-state index contributed by atoms with van der Waals surface area (Å²) in [5, 5.41) is 3.93. The molecule has 0 fully saturated rings. The number of methoxy groups -OCH3 is 2. The van der Waals surface area contributed by atoms with Crippen molar-refractivity contribution in [1.82, 2.24) is 9.97 Å². The van der Waals surface area contributed by atoms with Gasteiger partial charge in [0.2, 0.25) is 0 Å². The summed E-state index contributed by atoms with van der Waals surface area (Å²) in [5.41, 5.74) is 3.07. The van der Waals surface area contributed by atoms with E-state index in [1.54, 1.807) is 50.6 Å². The van der Waals surface area contributed by atoms with Crippen molar-refractivity contribution in [3.8, 4) is 22.8 Å². The Kier molecular flexibility index (Phi) is 6.71. The number of rotatable bonds is 7. The van der Waals surface area contributed by atoms with Crippen molar-refractivity contribution in [3.63, 3.8) is 0 Å². The van der Waals surface area contributed by atoms with E-state index in [2.05, 4.69) is 10.3 Å². The smallest absolute Gasteiger partial charge is 0.288 e. The molecule has 2 heterocycles. The molecule has 6 nitrogen and oxygen atoms in total. The Hall–Kier alpha value is -3.76. The van der Waals surface area contributed by atoms with Crippen LogP contribution in [0.4, 0.5) is 13.9 Å². The van der Waals surface area contributed by atoms with Gasteiger partial charge >= 0.3 is 0 Å². The number of pyridine rings is 1. The number of aromatic nitrogens is 2. The molecule has 5 aromatic rings. The molecule has 0 spiro atoms. The monoisotopic (exact) mass is 523 g/mol. The summed E-state index contributed by atoms with van der Waals surface area (Å²) in [4.78, 5) is 23.0. The molecule has 0 bridgehead atoms. The SMILES string of the molecule is COc1ccc(-c2cc(C(=O)Nc3nc4ccc(SC(F)F)cc4s3)c3ccccc3n2)cc1OC. The third-order valence-electron chi connectivity index (χ3n) is 5.45. The summed E-state index contributed by atoms with van der Waals surface area (Å²) in [5.74, 6) is -1.72. The van der Waals surface area contributed by atoms with Gasteiger partial charge in [-0.2, -0.15) is 8.78 Å². The minimum absolute atomic E-state index is 0.350. The van der Waals surface area contributed by atoms with Crippen LogP contribution in [0.25, 0.3) is 32.4 Å². The number of para-hydroxylation sites is 1. The molecule has 2 aromatic heterocycles. The van der Waals surface area contributed by atoms with Crippen molar-refractivity contribution in [3.05, 3.63) is 72.3 Å². The Morgan fingerprint density at radius 1 is 0.944 bits per heavy atom. The number of nitrogens with one attached hydrogen (secondary N) is 1. The van der Waals surface area contributed by atoms with Crippen molar-refractivity contribution in [2.45, 2.75) is 10.7 Å². The molecule has 5 rings (SSSR count). The van der Waals surface area contributed by atoms with Crippen molar-refractivity contribution in [1.29, 1.82) is 0 Å². The van der Waals surface area contributed by atoms with Crippen molar-refractivity contribution in [2.24, 2.45) is 0 Å². The standard InChI is InChI=1S/C26H19F2N3O3S2/c1-33-21-10-7-14(11-22(21)34-2)20-13-17(16-5-3-4-6-18(16)29-20)24(32)31-26-30-19-9-8-15(35-25(27)28)12-23(19)36-26/h3-13,25H,1-2H3,(H,30,31,32). The summed E-state index contributed by atoms with van der Waals surface area (Å²) in [6.45, 7) is 0. The molecule has 0 unspecified atom stereocenters. The quantitative estimate of drug-likeness (QED) is 0.230. The number of hydrogen-bond acceptors (Lipinski definition) is 7. The van der Waals surface area contributed by atoms with Crippen LogP contribution in [0, 0.1) is 0 Å². The molecule has 182 valence electrons. The van der Waals surface area contributed by atoms with Gasteiger partial charge in [0, 0.05) is 15.8 Å². The largest absolute Gasteiger partial charge is 0.493 e. The van der Waals surface area contributed by atoms with Crippen LogP contribution < -0.4 is 14.8 Å². The van der Waals surface area contributed by atoms with Gasteiger partial charge in [0.05, 0.1) is 41.2 Å². The fourth-order valence-corrected chi connectivity index (χ4v) is 5.32. The van der Waals surface area contributed by atoms with E-state index in [0.29, 0.717) is 65.7 Å². The predicted octanol–water partition coefficient (Wildman–Crippen LogP) is 7.10. The van der Waals surface area contributed by atoms with Crippen LogP contribution in [0.15, 0.2) is 71.6 Å². The normalized spacial score (nSPS) is 11.2. The number of nitrogens with zero attached hydrogens (tertiary/aromatic N) is 2. The lowest BCUT2D eigenvalue weighted by Crippen LogP contribution is -2.13. The van der Waals surface area contributed by atoms with E-state index in [1.165, 1.54) is 11.3 Å². The molecule has 0 saturated heterocycles.